The Morgan fingerprint density at radius 2 is 0.903 bits per heavy atom. The zero-order chi connectivity index (χ0) is 22.3. The quantitative estimate of drug-likeness (QED) is 0.289. The van der Waals surface area contributed by atoms with Gasteiger partial charge in [-0.15, -0.1) is 0 Å². The first kappa shape index (κ1) is 40.6. The number of carbonyl (C=O) groups excluding carboxylic acids is 1. The summed E-state index contributed by atoms with van der Waals surface area (Å²) < 4.78 is 39.0. The van der Waals surface area contributed by atoms with Crippen LogP contribution < -0.4 is 17.5 Å². The van der Waals surface area contributed by atoms with E-state index in [0.717, 1.165) is 0 Å². The van der Waals surface area contributed by atoms with Crippen molar-refractivity contribution in [1.29, 1.82) is 0 Å². The molecule has 31 heavy (non-hydrogen) atoms. The second kappa shape index (κ2) is 22.4. The number of aryl methyl sites for hydroxylation is 2. The van der Waals surface area contributed by atoms with Gasteiger partial charge in [-0.05, 0) is 36.8 Å². The maximum Gasteiger partial charge on any atom is 2.00 e. The summed E-state index contributed by atoms with van der Waals surface area (Å²) in [7, 11) is -6.00. The molecule has 0 atom stereocenters. The molecule has 0 aromatic heterocycles. The maximum atomic E-state index is 9.75. The molecule has 0 fully saturated rings. The predicted molar refractivity (Wildman–Crippen MR) is 108 cm³/mol. The second-order valence-electron chi connectivity index (χ2n) is 6.72. The average Bonchev–Trinajstić information content (AvgIpc) is 2.55. The van der Waals surface area contributed by atoms with Gasteiger partial charge in [0, 0.05) is 6.47 Å². The third kappa shape index (κ3) is 29.2. The third-order valence-electron chi connectivity index (χ3n) is 3.49. The number of hydrogen-bond donors (Lipinski definition) is 0. The van der Waals surface area contributed by atoms with E-state index < -0.39 is 13.7 Å². The van der Waals surface area contributed by atoms with Gasteiger partial charge in [-0.2, -0.15) is 0 Å². The molecular formula is C21H30BClF4O2Ru2. The number of rotatable bonds is 2. The summed E-state index contributed by atoms with van der Waals surface area (Å²) in [6.45, 7) is 12.6. The molecule has 0 bridgehead atoms. The van der Waals surface area contributed by atoms with Crippen molar-refractivity contribution < 1.29 is 80.0 Å². The summed E-state index contributed by atoms with van der Waals surface area (Å²) in [4.78, 5) is 8.25. The molecule has 10 heteroatoms. The Hall–Kier alpha value is -0.768. The van der Waals surface area contributed by atoms with Gasteiger partial charge in [-0.1, -0.05) is 87.4 Å². The zero-order valence-electron chi connectivity index (χ0n) is 19.3. The number of benzene rings is 2. The fraction of sp³-hybridized carbons (Fsp3) is 0.381. The van der Waals surface area contributed by atoms with Crippen LogP contribution in [0.25, 0.3) is 0 Å². The van der Waals surface area contributed by atoms with E-state index in [9.17, 15) is 17.3 Å². The minimum Gasteiger partial charge on any atom is -1.00 e. The van der Waals surface area contributed by atoms with Gasteiger partial charge in [-0.3, -0.25) is 0 Å². The van der Waals surface area contributed by atoms with Crippen LogP contribution in [0.15, 0.2) is 48.5 Å². The van der Waals surface area contributed by atoms with E-state index in [4.69, 9.17) is 9.90 Å². The van der Waals surface area contributed by atoms with E-state index in [0.29, 0.717) is 11.8 Å². The van der Waals surface area contributed by atoms with Crippen molar-refractivity contribution in [2.24, 2.45) is 0 Å². The van der Waals surface area contributed by atoms with Crippen molar-refractivity contribution in [3.05, 3.63) is 70.8 Å². The predicted octanol–water partition coefficient (Wildman–Crippen LogP) is 3.01. The standard InChI is InChI=1S/2C10H14.CH2O2.BF4.ClH.2Ru.H/c2*1-8(2)10-6-4-9(3)5-7-10;2-1-3;2-1(3,4)5;;;;/h2*4-8H,1-3H3;1H,(H,2,3);;1H;;;/q;;;-1;;2*+2;-1/p-2. The largest absolute Gasteiger partial charge is 2.00 e. The van der Waals surface area contributed by atoms with Gasteiger partial charge in [0.2, 0.25) is 0 Å². The molecule has 0 N–H and O–H groups in total. The molecule has 0 amide bonds. The van der Waals surface area contributed by atoms with E-state index in [1.54, 1.807) is 0 Å². The SMILES string of the molecule is Cc1ccc(C(C)C)cc1.Cc1ccc(C(C)C)cc1.F[B-](F)(F)F.O=C[O-].[Cl-].[H-].[Ru+2].[Ru+2]. The fourth-order valence-corrected chi connectivity index (χ4v) is 1.90. The molecule has 2 nitrogen and oxygen atoms in total. The molecule has 0 spiro atoms. The molecule has 2 aromatic rings. The van der Waals surface area contributed by atoms with Crippen molar-refractivity contribution >= 4 is 13.7 Å². The van der Waals surface area contributed by atoms with Crippen molar-refractivity contribution in [3.8, 4) is 0 Å². The second-order valence-corrected chi connectivity index (χ2v) is 6.72. The van der Waals surface area contributed by atoms with Crippen molar-refractivity contribution in [2.45, 2.75) is 53.4 Å². The normalized spacial score (nSPS) is 9.03. The Morgan fingerprint density at radius 3 is 1.03 bits per heavy atom. The van der Waals surface area contributed by atoms with Crippen molar-refractivity contribution in [2.75, 3.05) is 0 Å². The monoisotopic (exact) mass is 640 g/mol. The van der Waals surface area contributed by atoms with Gasteiger partial charge >= 0.3 is 46.2 Å². The first-order chi connectivity index (χ1) is 12.8. The molecule has 0 saturated carbocycles. The summed E-state index contributed by atoms with van der Waals surface area (Å²) in [5, 5.41) is 8.25. The molecule has 0 unspecified atom stereocenters. The van der Waals surface area contributed by atoms with Crippen LogP contribution >= 0.6 is 0 Å². The molecule has 0 radical (unpaired) electrons. The summed E-state index contributed by atoms with van der Waals surface area (Å²) in [5.74, 6) is 1.31. The number of halogens is 5. The molecule has 0 aliphatic heterocycles. The van der Waals surface area contributed by atoms with Gasteiger partial charge in [0.15, 0.2) is 0 Å². The van der Waals surface area contributed by atoms with E-state index >= 15 is 0 Å². The zero-order valence-corrected chi connectivity index (χ0v) is 22.6. The summed E-state index contributed by atoms with van der Waals surface area (Å²) in [6.07, 6.45) is 0. The molecule has 2 aromatic carbocycles. The van der Waals surface area contributed by atoms with Gasteiger partial charge in [0.25, 0.3) is 0 Å². The van der Waals surface area contributed by atoms with Crippen LogP contribution in [-0.2, 0) is 43.8 Å². The van der Waals surface area contributed by atoms with Crippen molar-refractivity contribution in [1.82, 2.24) is 0 Å². The Morgan fingerprint density at radius 1 is 0.742 bits per heavy atom. The Balaban J connectivity index is -0.0000000732. The molecule has 0 saturated heterocycles. The average molecular weight is 639 g/mol. The Kier molecular flexibility index (Phi) is 29.4. The van der Waals surface area contributed by atoms with Crippen LogP contribution in [0.2, 0.25) is 0 Å². The summed E-state index contributed by atoms with van der Waals surface area (Å²) in [5.41, 5.74) is 5.52. The first-order valence-electron chi connectivity index (χ1n) is 8.87. The minimum atomic E-state index is -6.00. The van der Waals surface area contributed by atoms with E-state index in [2.05, 4.69) is 90.1 Å². The van der Waals surface area contributed by atoms with Crippen LogP contribution in [0.3, 0.4) is 0 Å². The van der Waals surface area contributed by atoms with E-state index in [1.165, 1.54) is 22.3 Å². The molecule has 0 aliphatic rings. The van der Waals surface area contributed by atoms with E-state index in [1.807, 2.05) is 0 Å². The molecule has 0 aliphatic carbocycles. The fourth-order valence-electron chi connectivity index (χ4n) is 1.90. The topological polar surface area (TPSA) is 40.1 Å². The molecular weight excluding hydrogens is 609 g/mol. The summed E-state index contributed by atoms with van der Waals surface area (Å²) in [6, 6.07) is 17.4. The number of carboxylic acid groups (broad SMARTS) is 1. The maximum absolute atomic E-state index is 9.75. The van der Waals surface area contributed by atoms with Gasteiger partial charge in [0.1, 0.15) is 0 Å². The Bertz CT molecular complexity index is 605. The third-order valence-corrected chi connectivity index (χ3v) is 3.49. The first-order valence-corrected chi connectivity index (χ1v) is 8.87. The van der Waals surface area contributed by atoms with Crippen LogP contribution in [0.4, 0.5) is 17.3 Å². The Labute approximate surface area is 217 Å². The summed E-state index contributed by atoms with van der Waals surface area (Å²) >= 11 is 0. The van der Waals surface area contributed by atoms with Gasteiger partial charge in [0.05, 0.1) is 0 Å². The van der Waals surface area contributed by atoms with Crippen LogP contribution in [-0.4, -0.2) is 13.7 Å². The van der Waals surface area contributed by atoms with Crippen LogP contribution in [0, 0.1) is 13.8 Å². The van der Waals surface area contributed by atoms with Crippen molar-refractivity contribution in [3.63, 3.8) is 0 Å². The van der Waals surface area contributed by atoms with Crippen LogP contribution in [0.1, 0.15) is 63.2 Å². The number of carbonyl (C=O) groups is 1. The molecule has 180 valence electrons. The molecule has 2 rings (SSSR count). The smallest absolute Gasteiger partial charge is 1.00 e. The minimum absolute atomic E-state index is 0. The molecule has 0 heterocycles. The number of hydrogen-bond acceptors (Lipinski definition) is 2. The van der Waals surface area contributed by atoms with Crippen LogP contribution in [0.5, 0.6) is 0 Å². The van der Waals surface area contributed by atoms with E-state index in [-0.39, 0.29) is 52.8 Å². The van der Waals surface area contributed by atoms with Gasteiger partial charge in [-0.25, -0.2) is 0 Å². The van der Waals surface area contributed by atoms with Gasteiger partial charge < -0.3 is 41.0 Å².